The molecular weight excluding hydrogens is 837 g/mol. The van der Waals surface area contributed by atoms with E-state index < -0.39 is 30.5 Å². The molecule has 1 aliphatic heterocycles. The molecular formula is C47H67N3O7Sn. The van der Waals surface area contributed by atoms with E-state index in [2.05, 4.69) is 49.0 Å². The van der Waals surface area contributed by atoms with Crippen molar-refractivity contribution in [2.45, 2.75) is 149 Å². The number of unbranched alkanes of at least 4 members (excludes halogenated alkanes) is 7. The van der Waals surface area contributed by atoms with Crippen LogP contribution in [0.3, 0.4) is 0 Å². The molecule has 0 spiro atoms. The first-order chi connectivity index (χ1) is 28.3. The van der Waals surface area contributed by atoms with E-state index >= 15 is 0 Å². The second-order valence-electron chi connectivity index (χ2n) is 15.2. The molecule has 10 nitrogen and oxygen atoms in total. The van der Waals surface area contributed by atoms with E-state index in [9.17, 15) is 19.9 Å². The Bertz CT molecular complexity index is 1650. The van der Waals surface area contributed by atoms with Gasteiger partial charge < -0.3 is 14.2 Å². The number of carbonyl (C=O) groups is 3. The Morgan fingerprint density at radius 3 is 2.21 bits per heavy atom. The number of esters is 3. The van der Waals surface area contributed by atoms with Crippen LogP contribution in [0.25, 0.3) is 10.4 Å². The van der Waals surface area contributed by atoms with Gasteiger partial charge in [0, 0.05) is 12.8 Å². The number of hydrogen-bond acceptors (Lipinski definition) is 8. The van der Waals surface area contributed by atoms with Crippen molar-refractivity contribution in [2.75, 3.05) is 13.7 Å². The molecule has 3 atom stereocenters. The van der Waals surface area contributed by atoms with Crippen molar-refractivity contribution in [3.63, 3.8) is 0 Å². The van der Waals surface area contributed by atoms with Crippen LogP contribution in [0.4, 0.5) is 5.69 Å². The van der Waals surface area contributed by atoms with E-state index in [4.69, 9.17) is 18.9 Å². The summed E-state index contributed by atoms with van der Waals surface area (Å²) in [5, 5.41) is 3.86. The van der Waals surface area contributed by atoms with Gasteiger partial charge in [0.1, 0.15) is 12.2 Å². The van der Waals surface area contributed by atoms with Crippen LogP contribution in [0.2, 0.25) is 13.3 Å². The fourth-order valence-corrected chi connectivity index (χ4v) is 23.1. The average Bonchev–Trinajstić information content (AvgIpc) is 4.01. The Morgan fingerprint density at radius 2 is 1.53 bits per heavy atom. The van der Waals surface area contributed by atoms with Gasteiger partial charge in [0.15, 0.2) is 0 Å². The number of nitrogens with zero attached hydrogens (tertiary/aromatic N) is 3. The van der Waals surface area contributed by atoms with Crippen LogP contribution in [0.1, 0.15) is 138 Å². The number of ether oxygens (including phenoxy) is 4. The summed E-state index contributed by atoms with van der Waals surface area (Å²) in [5.74, 6) is -0.995. The number of hydrogen-bond donors (Lipinski definition) is 0. The summed E-state index contributed by atoms with van der Waals surface area (Å²) in [6.45, 7) is 7.10. The van der Waals surface area contributed by atoms with Gasteiger partial charge >= 0.3 is 211 Å². The minimum absolute atomic E-state index is 0.0228. The Morgan fingerprint density at radius 1 is 0.845 bits per heavy atom. The van der Waals surface area contributed by atoms with Gasteiger partial charge in [-0.1, -0.05) is 36.4 Å². The molecule has 2 aromatic carbocycles. The maximum absolute atomic E-state index is 13.4. The van der Waals surface area contributed by atoms with E-state index in [-0.39, 0.29) is 24.1 Å². The van der Waals surface area contributed by atoms with Crippen LogP contribution in [0.15, 0.2) is 90.1 Å². The Balaban J connectivity index is 1.44. The molecule has 58 heavy (non-hydrogen) atoms. The van der Waals surface area contributed by atoms with E-state index in [0.717, 1.165) is 38.5 Å². The van der Waals surface area contributed by atoms with Gasteiger partial charge in [-0.3, -0.25) is 4.79 Å². The van der Waals surface area contributed by atoms with Crippen molar-refractivity contribution in [2.24, 2.45) is 5.11 Å². The summed E-state index contributed by atoms with van der Waals surface area (Å²) >= 11 is -2.80. The molecule has 0 bridgehead atoms. The number of carbonyl (C=O) groups excluding carboxylic acids is 3. The Hall–Kier alpha value is -3.86. The predicted octanol–water partition coefficient (Wildman–Crippen LogP) is 12.2. The maximum atomic E-state index is 13.4. The minimum atomic E-state index is -2.80. The molecule has 3 rings (SSSR count). The average molecular weight is 905 g/mol. The van der Waals surface area contributed by atoms with Gasteiger partial charge in [0.2, 0.25) is 0 Å². The molecule has 1 fully saturated rings. The molecule has 1 heterocycles. The van der Waals surface area contributed by atoms with Crippen molar-refractivity contribution >= 4 is 45.6 Å². The number of benzene rings is 2. The van der Waals surface area contributed by atoms with Crippen LogP contribution in [-0.4, -0.2) is 68.3 Å². The summed E-state index contributed by atoms with van der Waals surface area (Å²) in [6.07, 6.45) is 25.7. The van der Waals surface area contributed by atoms with Crippen LogP contribution < -0.4 is 3.58 Å². The van der Waals surface area contributed by atoms with Gasteiger partial charge in [-0.25, -0.2) is 4.79 Å². The van der Waals surface area contributed by atoms with Crippen molar-refractivity contribution in [1.29, 1.82) is 0 Å². The van der Waals surface area contributed by atoms with Crippen molar-refractivity contribution in [3.05, 3.63) is 107 Å². The second-order valence-corrected chi connectivity index (χ2v) is 28.5. The monoisotopic (exact) mass is 905 g/mol. The SMILES string of the molecule is CCC[CH2][Sn]([CH2]CCC)([CH2]CCC)[c]1ccc(N=[N+]=[N-])c(C(=O)OCCCCC/C=C\C[C@H]2O[C@H]2/C=C/C(C/C=C\CCCC(=O)OC)OC(=O)c2ccccc2)c1. The molecule has 316 valence electrons. The quantitative estimate of drug-likeness (QED) is 0.00875. The molecule has 1 aliphatic rings. The van der Waals surface area contributed by atoms with Crippen molar-refractivity contribution in [1.82, 2.24) is 0 Å². The fourth-order valence-electron chi connectivity index (χ4n) is 7.16. The third-order valence-electron chi connectivity index (χ3n) is 10.7. The predicted molar refractivity (Wildman–Crippen MR) is 235 cm³/mol. The van der Waals surface area contributed by atoms with Gasteiger partial charge in [-0.05, 0) is 37.5 Å². The van der Waals surface area contributed by atoms with Crippen LogP contribution in [-0.2, 0) is 23.7 Å². The Labute approximate surface area is 351 Å². The third-order valence-corrected chi connectivity index (χ3v) is 26.3. The fraction of sp³-hybridized carbons (Fsp3) is 0.553. The van der Waals surface area contributed by atoms with Gasteiger partial charge in [-0.15, -0.1) is 0 Å². The van der Waals surface area contributed by atoms with Crippen molar-refractivity contribution in [3.8, 4) is 0 Å². The zero-order valence-electron chi connectivity index (χ0n) is 35.4. The number of rotatable bonds is 30. The second kappa shape index (κ2) is 28.5. The molecule has 0 radical (unpaired) electrons. The normalized spacial score (nSPS) is 15.7. The van der Waals surface area contributed by atoms with Gasteiger partial charge in [0.25, 0.3) is 0 Å². The van der Waals surface area contributed by atoms with E-state index in [1.165, 1.54) is 62.5 Å². The molecule has 1 unspecified atom stereocenters. The Kier molecular flexibility index (Phi) is 23.9. The van der Waals surface area contributed by atoms with E-state index in [1.54, 1.807) is 12.1 Å². The standard InChI is InChI=1S/C35H40N3O7.3C4H9.Sn/c1-42-33(39)23-13-6-5-11-19-28(44-34(40)27-17-9-8-10-18-27)24-25-32-31(45-32)22-12-4-2-3-7-16-26-43-35(41)29-20-14-15-21-30(29)37-38-36;3*1-3-4-2;/h4-5,8-12,15,17-18,20-21,24-25,28,31-32H,2-3,6-7,13,16,19,22-23,26H2,1H3;3*1,3-4H2,2H3;/b11-5-,12-4-,25-24+;;;;/t28?,31-,32+;;;;/m1..../s1. The van der Waals surface area contributed by atoms with Gasteiger partial charge in [-0.2, -0.15) is 0 Å². The molecule has 0 saturated carbocycles. The summed E-state index contributed by atoms with van der Waals surface area (Å²) in [6, 6.07) is 15.0. The molecule has 0 aromatic heterocycles. The van der Waals surface area contributed by atoms with Crippen molar-refractivity contribution < 1.29 is 33.3 Å². The first-order valence-electron chi connectivity index (χ1n) is 21.6. The summed E-state index contributed by atoms with van der Waals surface area (Å²) in [4.78, 5) is 40.5. The molecule has 0 amide bonds. The summed E-state index contributed by atoms with van der Waals surface area (Å²) in [5.41, 5.74) is 10.5. The molecule has 2 aromatic rings. The number of methoxy groups -OCH3 is 1. The molecule has 0 aliphatic carbocycles. The number of allylic oxidation sites excluding steroid dienone is 2. The van der Waals surface area contributed by atoms with Crippen LogP contribution >= 0.6 is 0 Å². The molecule has 1 saturated heterocycles. The summed E-state index contributed by atoms with van der Waals surface area (Å²) in [7, 11) is 1.39. The van der Waals surface area contributed by atoms with Crippen LogP contribution in [0, 0.1) is 0 Å². The van der Waals surface area contributed by atoms with Crippen LogP contribution in [0.5, 0.6) is 0 Å². The number of azide groups is 1. The first kappa shape index (κ1) is 48.5. The molecule has 0 N–H and O–H groups in total. The number of epoxide rings is 1. The zero-order chi connectivity index (χ0) is 41.9. The first-order valence-corrected chi connectivity index (χ1v) is 29.1. The van der Waals surface area contributed by atoms with E-state index in [0.29, 0.717) is 42.7 Å². The summed E-state index contributed by atoms with van der Waals surface area (Å²) < 4.78 is 27.3. The zero-order valence-corrected chi connectivity index (χ0v) is 38.3. The van der Waals surface area contributed by atoms with E-state index in [1.807, 2.05) is 54.6 Å². The molecule has 11 heteroatoms. The topological polar surface area (TPSA) is 140 Å². The third kappa shape index (κ3) is 18.0. The van der Waals surface area contributed by atoms with Gasteiger partial charge in [0.05, 0.1) is 18.8 Å².